The van der Waals surface area contributed by atoms with Crippen LogP contribution in [0.1, 0.15) is 51.9 Å². The molecule has 6 heteroatoms. The van der Waals surface area contributed by atoms with Crippen LogP contribution in [0.25, 0.3) is 0 Å². The fraction of sp³-hybridized carbons (Fsp3) is 0.933. The Balaban J connectivity index is 1.80. The van der Waals surface area contributed by atoms with E-state index in [1.54, 1.807) is 0 Å². The van der Waals surface area contributed by atoms with E-state index < -0.39 is 18.3 Å². The maximum atomic E-state index is 12.6. The van der Waals surface area contributed by atoms with Crippen molar-refractivity contribution in [3.8, 4) is 6.07 Å². The van der Waals surface area contributed by atoms with Gasteiger partial charge in [0, 0.05) is 12.1 Å². The molecule has 2 rings (SSSR count). The van der Waals surface area contributed by atoms with E-state index in [0.29, 0.717) is 31.8 Å². The number of halogens is 3. The van der Waals surface area contributed by atoms with Gasteiger partial charge in [-0.3, -0.25) is 10.2 Å². The van der Waals surface area contributed by atoms with Crippen molar-refractivity contribution in [1.82, 2.24) is 10.2 Å². The summed E-state index contributed by atoms with van der Waals surface area (Å²) < 4.78 is 37.7. The summed E-state index contributed by atoms with van der Waals surface area (Å²) in [5.41, 5.74) is -0.561. The molecule has 2 saturated carbocycles. The zero-order valence-electron chi connectivity index (χ0n) is 12.5. The molecule has 1 atom stereocenters. The molecule has 0 aromatic heterocycles. The Morgan fingerprint density at radius 2 is 1.90 bits per heavy atom. The summed E-state index contributed by atoms with van der Waals surface area (Å²) in [4.78, 5) is 1.54. The standard InChI is InChI=1S/C15H24F3N3/c1-2-14(10-19,20-12-4-5-12)8-3-9-21(13-6-7-13)11-15(16,17)18/h12-13,20H,2-9,11H2,1H3. The number of nitriles is 1. The van der Waals surface area contributed by atoms with Crippen molar-refractivity contribution < 1.29 is 13.2 Å². The summed E-state index contributed by atoms with van der Waals surface area (Å²) in [7, 11) is 0. The SMILES string of the molecule is CCC(C#N)(CCCN(CC(F)(F)F)C1CC1)NC1CC1. The first-order chi connectivity index (χ1) is 9.87. The van der Waals surface area contributed by atoms with E-state index in [1.807, 2.05) is 6.92 Å². The van der Waals surface area contributed by atoms with Gasteiger partial charge < -0.3 is 0 Å². The fourth-order valence-corrected chi connectivity index (χ4v) is 2.78. The van der Waals surface area contributed by atoms with E-state index in [2.05, 4.69) is 11.4 Å². The molecule has 120 valence electrons. The van der Waals surface area contributed by atoms with Crippen LogP contribution in [0.5, 0.6) is 0 Å². The quantitative estimate of drug-likeness (QED) is 0.711. The van der Waals surface area contributed by atoms with Gasteiger partial charge in [-0.05, 0) is 51.5 Å². The van der Waals surface area contributed by atoms with Crippen molar-refractivity contribution in [2.75, 3.05) is 13.1 Å². The van der Waals surface area contributed by atoms with Crippen LogP contribution >= 0.6 is 0 Å². The number of nitrogens with one attached hydrogen (secondary N) is 1. The van der Waals surface area contributed by atoms with Crippen LogP contribution in [0.4, 0.5) is 13.2 Å². The zero-order chi connectivity index (χ0) is 15.5. The second-order valence-corrected chi connectivity index (χ2v) is 6.39. The Hall–Kier alpha value is -0.800. The van der Waals surface area contributed by atoms with Gasteiger partial charge in [0.2, 0.25) is 0 Å². The normalized spacial score (nSPS) is 22.1. The van der Waals surface area contributed by atoms with Crippen molar-refractivity contribution in [3.63, 3.8) is 0 Å². The van der Waals surface area contributed by atoms with Crippen LogP contribution in [0, 0.1) is 11.3 Å². The van der Waals surface area contributed by atoms with Crippen molar-refractivity contribution in [2.45, 2.75) is 75.7 Å². The summed E-state index contributed by atoms with van der Waals surface area (Å²) in [6.45, 7) is 1.58. The Bertz CT molecular complexity index is 383. The number of rotatable bonds is 9. The predicted octanol–water partition coefficient (Wildman–Crippen LogP) is 3.22. The van der Waals surface area contributed by atoms with Crippen LogP contribution in [-0.4, -0.2) is 41.8 Å². The highest BCUT2D eigenvalue weighted by Crippen LogP contribution is 2.31. The lowest BCUT2D eigenvalue weighted by molar-refractivity contribution is -0.147. The van der Waals surface area contributed by atoms with E-state index in [-0.39, 0.29) is 6.04 Å². The minimum absolute atomic E-state index is 0.0983. The Kier molecular flexibility index (Phi) is 5.15. The van der Waals surface area contributed by atoms with Crippen LogP contribution in [0.3, 0.4) is 0 Å². The van der Waals surface area contributed by atoms with Gasteiger partial charge in [0.1, 0.15) is 5.54 Å². The molecule has 1 unspecified atom stereocenters. The van der Waals surface area contributed by atoms with Crippen molar-refractivity contribution in [3.05, 3.63) is 0 Å². The molecule has 0 aliphatic heterocycles. The highest BCUT2D eigenvalue weighted by molar-refractivity contribution is 5.09. The third kappa shape index (κ3) is 5.48. The molecule has 21 heavy (non-hydrogen) atoms. The third-order valence-corrected chi connectivity index (χ3v) is 4.37. The van der Waals surface area contributed by atoms with E-state index in [1.165, 1.54) is 4.90 Å². The zero-order valence-corrected chi connectivity index (χ0v) is 12.5. The third-order valence-electron chi connectivity index (χ3n) is 4.37. The molecule has 0 spiro atoms. The molecule has 0 bridgehead atoms. The monoisotopic (exact) mass is 303 g/mol. The minimum Gasteiger partial charge on any atom is -0.297 e. The van der Waals surface area contributed by atoms with Gasteiger partial charge in [-0.1, -0.05) is 6.92 Å². The van der Waals surface area contributed by atoms with Crippen LogP contribution in [0.15, 0.2) is 0 Å². The first-order valence-corrected chi connectivity index (χ1v) is 7.87. The molecule has 0 amide bonds. The molecule has 1 N–H and O–H groups in total. The van der Waals surface area contributed by atoms with Crippen molar-refractivity contribution in [1.29, 1.82) is 5.26 Å². The minimum atomic E-state index is -4.13. The van der Waals surface area contributed by atoms with Crippen molar-refractivity contribution in [2.24, 2.45) is 0 Å². The lowest BCUT2D eigenvalue weighted by Crippen LogP contribution is -2.45. The lowest BCUT2D eigenvalue weighted by Gasteiger charge is -2.29. The smallest absolute Gasteiger partial charge is 0.297 e. The highest BCUT2D eigenvalue weighted by atomic mass is 19.4. The van der Waals surface area contributed by atoms with Crippen molar-refractivity contribution >= 4 is 0 Å². The molecule has 2 fully saturated rings. The molecular formula is C15H24F3N3. The number of nitrogens with zero attached hydrogens (tertiary/aromatic N) is 2. The molecule has 0 aromatic carbocycles. The largest absolute Gasteiger partial charge is 0.401 e. The highest BCUT2D eigenvalue weighted by Gasteiger charge is 2.39. The van der Waals surface area contributed by atoms with Crippen LogP contribution < -0.4 is 5.32 Å². The molecule has 0 saturated heterocycles. The maximum Gasteiger partial charge on any atom is 0.401 e. The molecule has 2 aliphatic carbocycles. The number of alkyl halides is 3. The molecule has 3 nitrogen and oxygen atoms in total. The molecule has 0 radical (unpaired) electrons. The summed E-state index contributed by atoms with van der Waals surface area (Å²) in [5, 5.41) is 12.8. The average molecular weight is 303 g/mol. The molecular weight excluding hydrogens is 279 g/mol. The predicted molar refractivity (Wildman–Crippen MR) is 74.7 cm³/mol. The van der Waals surface area contributed by atoms with Gasteiger partial charge in [-0.15, -0.1) is 0 Å². The van der Waals surface area contributed by atoms with E-state index >= 15 is 0 Å². The van der Waals surface area contributed by atoms with Crippen LogP contribution in [-0.2, 0) is 0 Å². The van der Waals surface area contributed by atoms with Gasteiger partial charge in [0.25, 0.3) is 0 Å². The topological polar surface area (TPSA) is 39.1 Å². The summed E-state index contributed by atoms with van der Waals surface area (Å²) >= 11 is 0. The Labute approximate surface area is 124 Å². The van der Waals surface area contributed by atoms with Gasteiger partial charge in [0.05, 0.1) is 12.6 Å². The average Bonchev–Trinajstić information content (AvgIpc) is 3.27. The summed E-state index contributed by atoms with van der Waals surface area (Å²) in [5.74, 6) is 0. The first kappa shape index (κ1) is 16.6. The van der Waals surface area contributed by atoms with Gasteiger partial charge >= 0.3 is 6.18 Å². The van der Waals surface area contributed by atoms with Crippen LogP contribution in [0.2, 0.25) is 0 Å². The molecule has 0 heterocycles. The Morgan fingerprint density at radius 3 is 2.33 bits per heavy atom. The second kappa shape index (κ2) is 6.53. The summed E-state index contributed by atoms with van der Waals surface area (Å²) in [6.07, 6.45) is 1.76. The molecule has 2 aliphatic rings. The number of hydrogen-bond donors (Lipinski definition) is 1. The van der Waals surface area contributed by atoms with E-state index in [9.17, 15) is 18.4 Å². The molecule has 0 aromatic rings. The second-order valence-electron chi connectivity index (χ2n) is 6.39. The van der Waals surface area contributed by atoms with Gasteiger partial charge in [-0.25, -0.2) is 0 Å². The Morgan fingerprint density at radius 1 is 1.24 bits per heavy atom. The lowest BCUT2D eigenvalue weighted by atomic mass is 9.91. The summed E-state index contributed by atoms with van der Waals surface area (Å²) in [6, 6.07) is 2.88. The maximum absolute atomic E-state index is 12.6. The van der Waals surface area contributed by atoms with E-state index in [0.717, 1.165) is 25.7 Å². The fourth-order valence-electron chi connectivity index (χ4n) is 2.78. The first-order valence-electron chi connectivity index (χ1n) is 7.87. The number of hydrogen-bond acceptors (Lipinski definition) is 3. The van der Waals surface area contributed by atoms with Gasteiger partial charge in [-0.2, -0.15) is 18.4 Å². The van der Waals surface area contributed by atoms with Gasteiger partial charge in [0.15, 0.2) is 0 Å². The van der Waals surface area contributed by atoms with E-state index in [4.69, 9.17) is 0 Å².